The predicted octanol–water partition coefficient (Wildman–Crippen LogP) is 4.71. The molecule has 4 aromatic rings. The summed E-state index contributed by atoms with van der Waals surface area (Å²) in [5, 5.41) is 2.92. The second-order valence-corrected chi connectivity index (χ2v) is 6.43. The van der Waals surface area contributed by atoms with Gasteiger partial charge < -0.3 is 10.1 Å². The van der Waals surface area contributed by atoms with Crippen molar-refractivity contribution in [2.75, 3.05) is 12.4 Å². The Morgan fingerprint density at radius 3 is 2.61 bits per heavy atom. The number of aromatic nitrogens is 2. The maximum Gasteiger partial charge on any atom is 0.256 e. The van der Waals surface area contributed by atoms with E-state index < -0.39 is 0 Å². The van der Waals surface area contributed by atoms with Crippen LogP contribution < -0.4 is 10.1 Å². The molecule has 28 heavy (non-hydrogen) atoms. The average Bonchev–Trinajstić information content (AvgIpc) is 3.05. The van der Waals surface area contributed by atoms with Crippen LogP contribution in [0.4, 0.5) is 10.2 Å². The minimum Gasteiger partial charge on any atom is -0.497 e. The average molecular weight is 375 g/mol. The zero-order valence-corrected chi connectivity index (χ0v) is 15.4. The fourth-order valence-electron chi connectivity index (χ4n) is 3.03. The molecular formula is C22H18FN3O2. The minimum absolute atomic E-state index is 0.289. The van der Waals surface area contributed by atoms with Crippen molar-refractivity contribution in [2.45, 2.75) is 6.92 Å². The number of anilines is 1. The third-order valence-corrected chi connectivity index (χ3v) is 4.46. The molecule has 5 nitrogen and oxygen atoms in total. The number of rotatable bonds is 4. The number of hydrogen-bond donors (Lipinski definition) is 1. The molecule has 0 radical (unpaired) electrons. The number of ether oxygens (including phenoxy) is 1. The number of nitrogens with one attached hydrogen (secondary N) is 1. The van der Waals surface area contributed by atoms with E-state index in [-0.39, 0.29) is 11.7 Å². The minimum atomic E-state index is -0.363. The van der Waals surface area contributed by atoms with Crippen molar-refractivity contribution in [2.24, 2.45) is 0 Å². The molecule has 1 N–H and O–H groups in total. The van der Waals surface area contributed by atoms with Gasteiger partial charge in [-0.15, -0.1) is 0 Å². The van der Waals surface area contributed by atoms with Crippen LogP contribution in [0.25, 0.3) is 16.9 Å². The largest absolute Gasteiger partial charge is 0.497 e. The van der Waals surface area contributed by atoms with Crippen molar-refractivity contribution in [3.8, 4) is 17.0 Å². The number of fused-ring (bicyclic) bond motifs is 1. The van der Waals surface area contributed by atoms with Gasteiger partial charge in [-0.3, -0.25) is 9.20 Å². The van der Waals surface area contributed by atoms with Crippen molar-refractivity contribution in [3.63, 3.8) is 0 Å². The summed E-state index contributed by atoms with van der Waals surface area (Å²) < 4.78 is 20.7. The molecule has 6 heteroatoms. The van der Waals surface area contributed by atoms with E-state index in [2.05, 4.69) is 10.3 Å². The monoisotopic (exact) mass is 375 g/mol. The highest BCUT2D eigenvalue weighted by Gasteiger charge is 2.18. The van der Waals surface area contributed by atoms with Crippen LogP contribution in [0.15, 0.2) is 66.9 Å². The first kappa shape index (κ1) is 17.7. The SMILES string of the molecule is COc1ccc(C(=O)Nc2c(-c3cccc(F)c3)nc3cc(C)ccn23)cc1. The van der Waals surface area contributed by atoms with Crippen molar-refractivity contribution >= 4 is 17.4 Å². The standard InChI is InChI=1S/C22H18FN3O2/c1-14-10-11-26-19(12-14)24-20(16-4-3-5-17(23)13-16)21(26)25-22(27)15-6-8-18(28-2)9-7-15/h3-13H,1-2H3,(H,25,27). The van der Waals surface area contributed by atoms with Crippen LogP contribution in [0.2, 0.25) is 0 Å². The van der Waals surface area contributed by atoms with E-state index in [1.807, 2.05) is 25.3 Å². The van der Waals surface area contributed by atoms with Gasteiger partial charge in [-0.1, -0.05) is 12.1 Å². The first-order valence-corrected chi connectivity index (χ1v) is 8.75. The number of halogens is 1. The Balaban J connectivity index is 1.79. The van der Waals surface area contributed by atoms with Gasteiger partial charge in [0.05, 0.1) is 7.11 Å². The van der Waals surface area contributed by atoms with Gasteiger partial charge in [0.2, 0.25) is 0 Å². The van der Waals surface area contributed by atoms with Crippen LogP contribution in [-0.2, 0) is 0 Å². The summed E-state index contributed by atoms with van der Waals surface area (Å²) in [5.41, 5.74) is 3.28. The Labute approximate surface area is 161 Å². The highest BCUT2D eigenvalue weighted by molar-refractivity contribution is 6.05. The number of nitrogens with zero attached hydrogens (tertiary/aromatic N) is 2. The Morgan fingerprint density at radius 1 is 1.11 bits per heavy atom. The van der Waals surface area contributed by atoms with E-state index in [1.54, 1.807) is 47.9 Å². The van der Waals surface area contributed by atoms with Gasteiger partial charge in [-0.05, 0) is 61.0 Å². The third kappa shape index (κ3) is 3.32. The van der Waals surface area contributed by atoms with Crippen molar-refractivity contribution in [1.29, 1.82) is 0 Å². The van der Waals surface area contributed by atoms with Crippen LogP contribution in [0.5, 0.6) is 5.75 Å². The van der Waals surface area contributed by atoms with Gasteiger partial charge in [0, 0.05) is 17.3 Å². The molecule has 0 atom stereocenters. The molecule has 0 saturated carbocycles. The molecule has 0 spiro atoms. The van der Waals surface area contributed by atoms with E-state index in [0.29, 0.717) is 34.0 Å². The number of hydrogen-bond acceptors (Lipinski definition) is 3. The number of methoxy groups -OCH3 is 1. The number of carbonyl (C=O) groups excluding carboxylic acids is 1. The summed E-state index contributed by atoms with van der Waals surface area (Å²) in [5.74, 6) is 0.504. The van der Waals surface area contributed by atoms with Gasteiger partial charge in [-0.25, -0.2) is 9.37 Å². The molecule has 0 aliphatic rings. The molecule has 0 bridgehead atoms. The van der Waals surface area contributed by atoms with Gasteiger partial charge >= 0.3 is 0 Å². The molecule has 0 saturated heterocycles. The Morgan fingerprint density at radius 2 is 1.89 bits per heavy atom. The lowest BCUT2D eigenvalue weighted by atomic mass is 10.1. The normalized spacial score (nSPS) is 10.8. The Kier molecular flexibility index (Phi) is 4.53. The molecule has 2 aromatic carbocycles. The first-order valence-electron chi connectivity index (χ1n) is 8.75. The summed E-state index contributed by atoms with van der Waals surface area (Å²) >= 11 is 0. The lowest BCUT2D eigenvalue weighted by molar-refractivity contribution is 0.102. The molecule has 2 aromatic heterocycles. The summed E-state index contributed by atoms with van der Waals surface area (Å²) in [6, 6.07) is 16.8. The number of benzene rings is 2. The van der Waals surface area contributed by atoms with E-state index in [1.165, 1.54) is 12.1 Å². The lowest BCUT2D eigenvalue weighted by Crippen LogP contribution is -2.14. The van der Waals surface area contributed by atoms with Crippen molar-refractivity contribution in [1.82, 2.24) is 9.38 Å². The Bertz CT molecular complexity index is 1170. The summed E-state index contributed by atoms with van der Waals surface area (Å²) in [6.45, 7) is 1.96. The molecular weight excluding hydrogens is 357 g/mol. The topological polar surface area (TPSA) is 55.6 Å². The molecule has 0 unspecified atom stereocenters. The molecule has 4 rings (SSSR count). The van der Waals surface area contributed by atoms with Crippen LogP contribution in [0, 0.1) is 12.7 Å². The maximum absolute atomic E-state index is 13.8. The number of aryl methyl sites for hydroxylation is 1. The number of pyridine rings is 1. The quantitative estimate of drug-likeness (QED) is 0.562. The lowest BCUT2D eigenvalue weighted by Gasteiger charge is -2.09. The van der Waals surface area contributed by atoms with Crippen LogP contribution >= 0.6 is 0 Å². The van der Waals surface area contributed by atoms with Crippen LogP contribution in [0.3, 0.4) is 0 Å². The molecule has 0 aliphatic heterocycles. The second kappa shape index (κ2) is 7.15. The number of imidazole rings is 1. The molecule has 140 valence electrons. The van der Waals surface area contributed by atoms with Crippen molar-refractivity contribution in [3.05, 3.63) is 83.8 Å². The van der Waals surface area contributed by atoms with Gasteiger partial charge in [0.25, 0.3) is 5.91 Å². The zero-order chi connectivity index (χ0) is 19.7. The maximum atomic E-state index is 13.8. The number of carbonyl (C=O) groups is 1. The van der Waals surface area contributed by atoms with Crippen LogP contribution in [0.1, 0.15) is 15.9 Å². The number of amides is 1. The van der Waals surface area contributed by atoms with Gasteiger partial charge in [0.1, 0.15) is 28.7 Å². The van der Waals surface area contributed by atoms with Gasteiger partial charge in [0.15, 0.2) is 0 Å². The highest BCUT2D eigenvalue weighted by atomic mass is 19.1. The Hall–Kier alpha value is -3.67. The van der Waals surface area contributed by atoms with Crippen LogP contribution in [-0.4, -0.2) is 22.4 Å². The summed E-state index contributed by atoms with van der Waals surface area (Å²) in [4.78, 5) is 17.4. The van der Waals surface area contributed by atoms with E-state index in [9.17, 15) is 9.18 Å². The summed E-state index contributed by atoms with van der Waals surface area (Å²) in [6.07, 6.45) is 1.84. The molecule has 0 aliphatic carbocycles. The molecule has 2 heterocycles. The zero-order valence-electron chi connectivity index (χ0n) is 15.4. The van der Waals surface area contributed by atoms with E-state index in [4.69, 9.17) is 4.74 Å². The molecule has 0 fully saturated rings. The van der Waals surface area contributed by atoms with E-state index in [0.717, 1.165) is 5.56 Å². The molecule has 1 amide bonds. The van der Waals surface area contributed by atoms with Gasteiger partial charge in [-0.2, -0.15) is 0 Å². The second-order valence-electron chi connectivity index (χ2n) is 6.43. The highest BCUT2D eigenvalue weighted by Crippen LogP contribution is 2.30. The first-order chi connectivity index (χ1) is 13.5. The fourth-order valence-corrected chi connectivity index (χ4v) is 3.03. The smallest absolute Gasteiger partial charge is 0.256 e. The van der Waals surface area contributed by atoms with Crippen molar-refractivity contribution < 1.29 is 13.9 Å². The summed E-state index contributed by atoms with van der Waals surface area (Å²) in [7, 11) is 1.57. The third-order valence-electron chi connectivity index (χ3n) is 4.46. The fraction of sp³-hybridized carbons (Fsp3) is 0.0909. The van der Waals surface area contributed by atoms with E-state index >= 15 is 0 Å². The predicted molar refractivity (Wildman–Crippen MR) is 106 cm³/mol.